The summed E-state index contributed by atoms with van der Waals surface area (Å²) in [4.78, 5) is 34.8. The predicted octanol–water partition coefficient (Wildman–Crippen LogP) is 14.0. The number of pyridine rings is 3. The minimum Gasteiger partial charge on any atom is -0.496 e. The summed E-state index contributed by atoms with van der Waals surface area (Å²) in [6.07, 6.45) is 4.71. The number of sulfonamides is 1. The number of rotatable bonds is 17. The van der Waals surface area contributed by atoms with E-state index in [0.717, 1.165) is 46.3 Å². The number of aromatic nitrogens is 3. The van der Waals surface area contributed by atoms with E-state index in [2.05, 4.69) is 27.2 Å². The summed E-state index contributed by atoms with van der Waals surface area (Å²) >= 11 is 8.28. The van der Waals surface area contributed by atoms with Crippen LogP contribution in [0.15, 0.2) is 177 Å². The minimum atomic E-state index is -3.80. The molecular weight excluding hydrogens is 1480 g/mol. The second kappa shape index (κ2) is 35.3. The highest BCUT2D eigenvalue weighted by Crippen LogP contribution is 2.43. The van der Waals surface area contributed by atoms with Crippen LogP contribution in [0.3, 0.4) is 0 Å². The van der Waals surface area contributed by atoms with Gasteiger partial charge in [-0.05, 0) is 135 Å². The average molecular weight is 1550 g/mol. The third-order valence-corrected chi connectivity index (χ3v) is 17.6. The molecule has 1 aliphatic heterocycles. The molecule has 21 nitrogen and oxygen atoms in total. The summed E-state index contributed by atoms with van der Waals surface area (Å²) in [5, 5.41) is 0.748. The molecule has 0 radical (unpaired) electrons. The molecule has 5 N–H and O–H groups in total. The standard InChI is InChI=1S/C21H18F2N2O5S.C19H16F2N2O3.C18H20BF2NO3.C7H8BrNO2.C2H4Cl2O2S.CH4/c1-4-31(27,28)24-14-6-8-18(30-19-7-5-13(22)9-17(19)23)15(10-14)16-12-25(2)21(26)11-20(16)29-3;1-23-10-14(18(25-2)9-19(23)24)13-8-12(22)4-6-16(13)26-17-5-3-11(20)7-15(17)21;1-17(2)18(3,4)25-19(24-17)13-10-12(22)6-8-15(13)23-16-7-5-11(20)9-14(16)21;1-9-4-5(8)6(11-2)3-7(9)10;3-1-2-7(4,5)6;/h4-12,24H,1H2,2-3H3;3-10H,22H2,1-2H3;5-10H,22H2,1-4H3;3-4H,1-2H3;1-2H2;1H4. The number of nitrogens with one attached hydrogen (secondary N) is 1. The monoisotopic (exact) mass is 1550 g/mol. The molecule has 0 spiro atoms. The fraction of sp³-hybridized carbons (Fsp3) is 0.221. The van der Waals surface area contributed by atoms with Crippen molar-refractivity contribution in [3.63, 3.8) is 0 Å². The summed E-state index contributed by atoms with van der Waals surface area (Å²) in [6.45, 7) is 11.0. The molecule has 33 heteroatoms. The van der Waals surface area contributed by atoms with Gasteiger partial charge in [0, 0.05) is 143 Å². The second-order valence-electron chi connectivity index (χ2n) is 22.2. The van der Waals surface area contributed by atoms with Crippen molar-refractivity contribution in [2.75, 3.05) is 49.2 Å². The van der Waals surface area contributed by atoms with E-state index < -0.39 is 72.3 Å². The summed E-state index contributed by atoms with van der Waals surface area (Å²) in [7, 11) is 6.00. The molecular formula is C68H70BBrCl2F6N6O15S2. The lowest BCUT2D eigenvalue weighted by Crippen LogP contribution is -2.41. The SMILES string of the molecule is C.C=CS(=O)(=O)Nc1ccc(Oc2ccc(F)cc2F)c(-c2cn(C)c(=O)cc2OC)c1.CC1(C)OB(c2cc(N)ccc2Oc2ccc(F)cc2F)OC1(C)C.COc1cc(=O)n(C)cc1-c1cc(N)ccc1Oc1ccc(F)cc1F.COc1cc(=O)n(C)cc1Br.O=S(=O)(Cl)CCCl. The second-order valence-corrected chi connectivity index (χ2v) is 27.9. The number of anilines is 3. The molecule has 6 aromatic carbocycles. The van der Waals surface area contributed by atoms with Gasteiger partial charge in [0.2, 0.25) is 9.05 Å². The molecule has 101 heavy (non-hydrogen) atoms. The van der Waals surface area contributed by atoms with Crippen LogP contribution in [0.5, 0.6) is 51.7 Å². The molecule has 0 unspecified atom stereocenters. The Hall–Kier alpha value is -9.37. The Morgan fingerprint density at radius 2 is 0.901 bits per heavy atom. The van der Waals surface area contributed by atoms with Crippen LogP contribution >= 0.6 is 38.2 Å². The maximum absolute atomic E-state index is 14.1. The third-order valence-electron chi connectivity index (χ3n) is 14.4. The number of nitrogen functional groups attached to an aromatic ring is 2. The summed E-state index contributed by atoms with van der Waals surface area (Å²) in [5.74, 6) is -3.46. The van der Waals surface area contributed by atoms with E-state index in [1.54, 1.807) is 62.9 Å². The lowest BCUT2D eigenvalue weighted by atomic mass is 9.78. The Bertz CT molecular complexity index is 4890. The van der Waals surface area contributed by atoms with Crippen molar-refractivity contribution in [3.05, 3.63) is 228 Å². The van der Waals surface area contributed by atoms with Crippen molar-refractivity contribution >= 4 is 86.9 Å². The Labute approximate surface area is 597 Å². The highest BCUT2D eigenvalue weighted by Gasteiger charge is 2.52. The quantitative estimate of drug-likeness (QED) is 0.0251. The van der Waals surface area contributed by atoms with E-state index in [0.29, 0.717) is 62.4 Å². The van der Waals surface area contributed by atoms with Crippen LogP contribution in [0.4, 0.5) is 43.4 Å². The normalized spacial score (nSPS) is 12.6. The first-order valence-electron chi connectivity index (χ1n) is 29.0. The first kappa shape index (κ1) is 82.3. The average Bonchev–Trinajstić information content (AvgIpc) is 1.71. The molecule has 1 fully saturated rings. The first-order valence-corrected chi connectivity index (χ1v) is 34.4. The van der Waals surface area contributed by atoms with Crippen LogP contribution in [-0.4, -0.2) is 81.8 Å². The number of hydrogen-bond acceptors (Lipinski definition) is 17. The van der Waals surface area contributed by atoms with Gasteiger partial charge < -0.3 is 62.9 Å². The zero-order valence-corrected chi connectivity index (χ0v) is 59.7. The van der Waals surface area contributed by atoms with Crippen molar-refractivity contribution in [2.24, 2.45) is 21.1 Å². The molecule has 4 heterocycles. The van der Waals surface area contributed by atoms with Crippen molar-refractivity contribution in [1.82, 2.24) is 13.7 Å². The van der Waals surface area contributed by atoms with Gasteiger partial charge in [-0.25, -0.2) is 43.2 Å². The Balaban J connectivity index is 0.000000243. The number of methoxy groups -OCH3 is 3. The fourth-order valence-corrected chi connectivity index (χ4v) is 11.0. The number of alkyl halides is 1. The molecule has 0 saturated carbocycles. The van der Waals surface area contributed by atoms with Gasteiger partial charge in [0.15, 0.2) is 34.7 Å². The molecule has 0 aliphatic carbocycles. The van der Waals surface area contributed by atoms with Gasteiger partial charge in [0.05, 0.1) is 42.8 Å². The predicted molar refractivity (Wildman–Crippen MR) is 383 cm³/mol. The first-order chi connectivity index (χ1) is 46.8. The molecule has 0 atom stereocenters. The largest absolute Gasteiger partial charge is 0.498 e. The minimum absolute atomic E-state index is 0. The topological polar surface area (TPSA) is 272 Å². The van der Waals surface area contributed by atoms with E-state index >= 15 is 0 Å². The lowest BCUT2D eigenvalue weighted by molar-refractivity contribution is 0.00578. The molecule has 9 aromatic rings. The van der Waals surface area contributed by atoms with Crippen molar-refractivity contribution in [2.45, 2.75) is 46.3 Å². The van der Waals surface area contributed by atoms with Gasteiger partial charge in [-0.15, -0.1) is 11.6 Å². The summed E-state index contributed by atoms with van der Waals surface area (Å²) in [5.41, 5.74) is 13.4. The van der Waals surface area contributed by atoms with Crippen LogP contribution in [0.25, 0.3) is 22.3 Å². The van der Waals surface area contributed by atoms with E-state index in [1.165, 1.54) is 96.8 Å². The van der Waals surface area contributed by atoms with Gasteiger partial charge in [0.25, 0.3) is 26.7 Å². The zero-order chi connectivity index (χ0) is 74.4. The highest BCUT2D eigenvalue weighted by molar-refractivity contribution is 9.10. The van der Waals surface area contributed by atoms with E-state index in [-0.39, 0.29) is 75.9 Å². The molecule has 1 aliphatic rings. The summed E-state index contributed by atoms with van der Waals surface area (Å²) in [6, 6.07) is 26.9. The van der Waals surface area contributed by atoms with Gasteiger partial charge >= 0.3 is 7.12 Å². The number of nitrogens with two attached hydrogens (primary N) is 2. The molecule has 540 valence electrons. The molecule has 3 aromatic heterocycles. The molecule has 10 rings (SSSR count). The van der Waals surface area contributed by atoms with Gasteiger partial charge in [-0.2, -0.15) is 0 Å². The smallest absolute Gasteiger partial charge is 0.496 e. The van der Waals surface area contributed by atoms with Gasteiger partial charge in [0.1, 0.15) is 51.9 Å². The van der Waals surface area contributed by atoms with E-state index in [9.17, 15) is 57.6 Å². The van der Waals surface area contributed by atoms with Gasteiger partial charge in [-0.1, -0.05) is 14.0 Å². The number of aryl methyl sites for hydroxylation is 3. The molecule has 0 amide bonds. The Morgan fingerprint density at radius 3 is 1.29 bits per heavy atom. The fourth-order valence-electron chi connectivity index (χ4n) is 8.59. The summed E-state index contributed by atoms with van der Waals surface area (Å²) < 4.78 is 177. The highest BCUT2D eigenvalue weighted by atomic mass is 79.9. The van der Waals surface area contributed by atoms with Crippen LogP contribution in [0, 0.1) is 34.9 Å². The van der Waals surface area contributed by atoms with E-state index in [4.69, 9.17) is 71.5 Å². The molecule has 1 saturated heterocycles. The number of hydrogen-bond donors (Lipinski definition) is 3. The third kappa shape index (κ3) is 22.6. The van der Waals surface area contributed by atoms with Crippen LogP contribution in [0.1, 0.15) is 35.1 Å². The van der Waals surface area contributed by atoms with Crippen molar-refractivity contribution in [3.8, 4) is 74.0 Å². The van der Waals surface area contributed by atoms with Gasteiger partial charge in [-0.3, -0.25) is 19.1 Å². The number of halogens is 9. The van der Waals surface area contributed by atoms with E-state index in [1.807, 2.05) is 27.7 Å². The van der Waals surface area contributed by atoms with Crippen LogP contribution in [0.2, 0.25) is 0 Å². The number of benzene rings is 6. The van der Waals surface area contributed by atoms with Crippen molar-refractivity contribution < 1.29 is 80.9 Å². The Kier molecular flexibility index (Phi) is 28.8. The van der Waals surface area contributed by atoms with Crippen LogP contribution in [-0.2, 0) is 49.5 Å². The lowest BCUT2D eigenvalue weighted by Gasteiger charge is -2.32. The van der Waals surface area contributed by atoms with Crippen LogP contribution < -0.4 is 66.8 Å². The number of nitrogens with zero attached hydrogens (tertiary/aromatic N) is 3. The zero-order valence-electron chi connectivity index (χ0n) is 55.0. The maximum Gasteiger partial charge on any atom is 0.498 e. The van der Waals surface area contributed by atoms with Crippen molar-refractivity contribution in [1.29, 1.82) is 0 Å². The maximum atomic E-state index is 14.1. The number of ether oxygens (including phenoxy) is 6. The molecule has 0 bridgehead atoms. The Morgan fingerprint density at radius 1 is 0.535 bits per heavy atom.